The number of phenolic OH excluding ortho intramolecular Hbond substituents is 1. The molecule has 132 valence electrons. The van der Waals surface area contributed by atoms with Gasteiger partial charge in [0.05, 0.1) is 5.56 Å². The third-order valence-corrected chi connectivity index (χ3v) is 4.19. The number of para-hydroxylation sites is 1. The Bertz CT molecular complexity index is 888. The maximum Gasteiger partial charge on any atom is 0.273 e. The van der Waals surface area contributed by atoms with Crippen molar-refractivity contribution in [1.29, 1.82) is 0 Å². The number of hydrogen-bond donors (Lipinski definition) is 3. The van der Waals surface area contributed by atoms with Gasteiger partial charge in [-0.25, -0.2) is 0 Å². The minimum absolute atomic E-state index is 0.0227. The van der Waals surface area contributed by atoms with Gasteiger partial charge in [0.2, 0.25) is 0 Å². The van der Waals surface area contributed by atoms with Gasteiger partial charge in [-0.1, -0.05) is 36.9 Å². The van der Waals surface area contributed by atoms with Crippen LogP contribution >= 0.6 is 0 Å². The van der Waals surface area contributed by atoms with Crippen molar-refractivity contribution in [3.8, 4) is 5.75 Å². The minimum Gasteiger partial charge on any atom is -0.507 e. The number of nitrogens with zero attached hydrogens (tertiary/aromatic N) is 1. The molecule has 2 aromatic carbocycles. The number of hydrogen-bond acceptors (Lipinski definition) is 4. The molecule has 1 aliphatic heterocycles. The van der Waals surface area contributed by atoms with Gasteiger partial charge in [0.15, 0.2) is 0 Å². The van der Waals surface area contributed by atoms with Gasteiger partial charge in [-0.05, 0) is 25.1 Å². The minimum atomic E-state index is -0.882. The summed E-state index contributed by atoms with van der Waals surface area (Å²) in [7, 11) is 0. The van der Waals surface area contributed by atoms with E-state index in [1.165, 1.54) is 24.0 Å². The number of hydrazine groups is 1. The van der Waals surface area contributed by atoms with E-state index >= 15 is 0 Å². The SMILES string of the molecule is C=C1c2ccccc2C(=O)N1[C@@H](C)C(=O)NNC(=O)c1ccccc1O. The number of amides is 3. The largest absolute Gasteiger partial charge is 0.507 e. The van der Waals surface area contributed by atoms with Crippen LogP contribution in [0.15, 0.2) is 55.1 Å². The fourth-order valence-corrected chi connectivity index (χ4v) is 2.79. The molecule has 1 heterocycles. The molecule has 7 heteroatoms. The van der Waals surface area contributed by atoms with Gasteiger partial charge in [0, 0.05) is 16.8 Å². The lowest BCUT2D eigenvalue weighted by Gasteiger charge is -2.24. The van der Waals surface area contributed by atoms with Crippen LogP contribution in [-0.4, -0.2) is 33.8 Å². The van der Waals surface area contributed by atoms with Crippen LogP contribution in [0.2, 0.25) is 0 Å². The van der Waals surface area contributed by atoms with E-state index in [0.717, 1.165) is 0 Å². The summed E-state index contributed by atoms with van der Waals surface area (Å²) in [6, 6.07) is 12.0. The van der Waals surface area contributed by atoms with Gasteiger partial charge < -0.3 is 5.11 Å². The number of nitrogens with one attached hydrogen (secondary N) is 2. The number of rotatable bonds is 3. The summed E-state index contributed by atoms with van der Waals surface area (Å²) in [4.78, 5) is 38.2. The van der Waals surface area contributed by atoms with E-state index in [1.807, 2.05) is 0 Å². The van der Waals surface area contributed by atoms with Gasteiger partial charge >= 0.3 is 0 Å². The predicted molar refractivity (Wildman–Crippen MR) is 94.8 cm³/mol. The van der Waals surface area contributed by atoms with E-state index in [4.69, 9.17) is 0 Å². The van der Waals surface area contributed by atoms with Gasteiger partial charge in [0.1, 0.15) is 11.8 Å². The fraction of sp³-hybridized carbons (Fsp3) is 0.105. The number of benzene rings is 2. The lowest BCUT2D eigenvalue weighted by atomic mass is 10.1. The van der Waals surface area contributed by atoms with Crippen LogP contribution < -0.4 is 10.9 Å². The molecule has 3 amide bonds. The Hall–Kier alpha value is -3.61. The summed E-state index contributed by atoms with van der Waals surface area (Å²) in [6.45, 7) is 5.43. The molecule has 0 saturated carbocycles. The Morgan fingerprint density at radius 3 is 2.31 bits per heavy atom. The zero-order chi connectivity index (χ0) is 18.8. The molecule has 3 rings (SSSR count). The van der Waals surface area contributed by atoms with Crippen molar-refractivity contribution >= 4 is 23.4 Å². The quantitative estimate of drug-likeness (QED) is 0.733. The number of phenols is 1. The molecule has 3 N–H and O–H groups in total. The number of aromatic hydroxyl groups is 1. The lowest BCUT2D eigenvalue weighted by Crippen LogP contribution is -2.51. The van der Waals surface area contributed by atoms with Crippen molar-refractivity contribution in [2.75, 3.05) is 0 Å². The Kier molecular flexibility index (Phi) is 4.45. The van der Waals surface area contributed by atoms with Gasteiger partial charge in [-0.3, -0.25) is 30.1 Å². The summed E-state index contributed by atoms with van der Waals surface area (Å²) in [5, 5.41) is 9.66. The van der Waals surface area contributed by atoms with Gasteiger partial charge in [-0.2, -0.15) is 0 Å². The first-order valence-corrected chi connectivity index (χ1v) is 7.92. The van der Waals surface area contributed by atoms with Gasteiger partial charge in [-0.15, -0.1) is 0 Å². The first-order valence-electron chi connectivity index (χ1n) is 7.92. The fourth-order valence-electron chi connectivity index (χ4n) is 2.79. The summed E-state index contributed by atoms with van der Waals surface area (Å²) < 4.78 is 0. The average molecular weight is 351 g/mol. The normalized spacial score (nSPS) is 14.0. The van der Waals surface area contributed by atoms with E-state index in [2.05, 4.69) is 17.4 Å². The van der Waals surface area contributed by atoms with Crippen molar-refractivity contribution in [3.05, 3.63) is 71.8 Å². The van der Waals surface area contributed by atoms with E-state index in [0.29, 0.717) is 16.8 Å². The molecule has 0 unspecified atom stereocenters. The molecule has 0 bridgehead atoms. The number of carbonyl (C=O) groups excluding carboxylic acids is 3. The number of fused-ring (bicyclic) bond motifs is 1. The van der Waals surface area contributed by atoms with Crippen molar-refractivity contribution < 1.29 is 19.5 Å². The molecule has 7 nitrogen and oxygen atoms in total. The molecule has 1 aliphatic rings. The highest BCUT2D eigenvalue weighted by Gasteiger charge is 2.36. The first-order chi connectivity index (χ1) is 12.4. The van der Waals surface area contributed by atoms with Crippen LogP contribution in [0.25, 0.3) is 5.70 Å². The smallest absolute Gasteiger partial charge is 0.273 e. The highest BCUT2D eigenvalue weighted by Crippen LogP contribution is 2.32. The third kappa shape index (κ3) is 2.90. The highest BCUT2D eigenvalue weighted by atomic mass is 16.3. The molecule has 26 heavy (non-hydrogen) atoms. The second-order valence-electron chi connectivity index (χ2n) is 5.80. The van der Waals surface area contributed by atoms with Crippen LogP contribution in [0.4, 0.5) is 0 Å². The predicted octanol–water partition coefficient (Wildman–Crippen LogP) is 1.67. The Balaban J connectivity index is 1.68. The van der Waals surface area contributed by atoms with Crippen LogP contribution in [-0.2, 0) is 4.79 Å². The molecule has 0 aromatic heterocycles. The molecule has 0 fully saturated rings. The van der Waals surface area contributed by atoms with Gasteiger partial charge in [0.25, 0.3) is 17.7 Å². The molecule has 0 spiro atoms. The Morgan fingerprint density at radius 1 is 1.04 bits per heavy atom. The average Bonchev–Trinajstić information content (AvgIpc) is 2.90. The summed E-state index contributed by atoms with van der Waals surface area (Å²) in [5.74, 6) is -1.78. The second-order valence-corrected chi connectivity index (χ2v) is 5.80. The summed E-state index contributed by atoms with van der Waals surface area (Å²) in [5.41, 5.74) is 6.11. The zero-order valence-corrected chi connectivity index (χ0v) is 14.0. The van der Waals surface area contributed by atoms with Crippen LogP contribution in [0.1, 0.15) is 33.2 Å². The zero-order valence-electron chi connectivity index (χ0n) is 14.0. The van der Waals surface area contributed by atoms with Crippen LogP contribution in [0.5, 0.6) is 5.75 Å². The second kappa shape index (κ2) is 6.72. The standard InChI is InChI=1S/C19H17N3O4/c1-11-13-7-3-4-8-14(13)19(26)22(11)12(2)17(24)20-21-18(25)15-9-5-6-10-16(15)23/h3-10,12,23H,1H2,2H3,(H,20,24)(H,21,25)/t12-/m0/s1. The summed E-state index contributed by atoms with van der Waals surface area (Å²) >= 11 is 0. The molecule has 0 aliphatic carbocycles. The lowest BCUT2D eigenvalue weighted by molar-refractivity contribution is -0.125. The van der Waals surface area contributed by atoms with Crippen molar-refractivity contribution in [3.63, 3.8) is 0 Å². The van der Waals surface area contributed by atoms with Crippen LogP contribution in [0, 0.1) is 0 Å². The van der Waals surface area contributed by atoms with Crippen molar-refractivity contribution in [2.45, 2.75) is 13.0 Å². The molecular formula is C19H17N3O4. The molecule has 2 aromatic rings. The maximum atomic E-state index is 12.5. The maximum absolute atomic E-state index is 12.5. The first kappa shape index (κ1) is 17.2. The van der Waals surface area contributed by atoms with E-state index < -0.39 is 17.9 Å². The Morgan fingerprint density at radius 2 is 1.65 bits per heavy atom. The third-order valence-electron chi connectivity index (χ3n) is 4.19. The highest BCUT2D eigenvalue weighted by molar-refractivity contribution is 6.11. The van der Waals surface area contributed by atoms with Crippen LogP contribution in [0.3, 0.4) is 0 Å². The number of carbonyl (C=O) groups is 3. The van der Waals surface area contributed by atoms with E-state index in [1.54, 1.807) is 36.4 Å². The van der Waals surface area contributed by atoms with E-state index in [9.17, 15) is 19.5 Å². The monoisotopic (exact) mass is 351 g/mol. The molecule has 1 atom stereocenters. The topological polar surface area (TPSA) is 98.7 Å². The molecule has 0 radical (unpaired) electrons. The van der Waals surface area contributed by atoms with Crippen molar-refractivity contribution in [2.24, 2.45) is 0 Å². The van der Waals surface area contributed by atoms with Crippen molar-refractivity contribution in [1.82, 2.24) is 15.8 Å². The molecular weight excluding hydrogens is 334 g/mol. The molecule has 0 saturated heterocycles. The Labute approximate surface area is 149 Å². The summed E-state index contributed by atoms with van der Waals surface area (Å²) in [6.07, 6.45) is 0. The van der Waals surface area contributed by atoms with E-state index in [-0.39, 0.29) is 17.2 Å².